The SMILES string of the molecule is COC(C)C(=O)Nc1cccc(NC(=O)CCN)c1.Cl. The summed E-state index contributed by atoms with van der Waals surface area (Å²) in [5, 5.41) is 5.40. The van der Waals surface area contributed by atoms with Crippen LogP contribution in [0.4, 0.5) is 11.4 Å². The van der Waals surface area contributed by atoms with Crippen molar-refractivity contribution < 1.29 is 14.3 Å². The first-order valence-electron chi connectivity index (χ1n) is 6.00. The maximum Gasteiger partial charge on any atom is 0.253 e. The van der Waals surface area contributed by atoms with E-state index in [0.717, 1.165) is 0 Å². The molecule has 0 saturated heterocycles. The van der Waals surface area contributed by atoms with Gasteiger partial charge in [0.1, 0.15) is 6.10 Å². The van der Waals surface area contributed by atoms with Gasteiger partial charge in [0.05, 0.1) is 0 Å². The average molecular weight is 302 g/mol. The van der Waals surface area contributed by atoms with Crippen LogP contribution in [0.1, 0.15) is 13.3 Å². The van der Waals surface area contributed by atoms with Crippen molar-refractivity contribution >= 4 is 35.6 Å². The van der Waals surface area contributed by atoms with Gasteiger partial charge in [-0.25, -0.2) is 0 Å². The lowest BCUT2D eigenvalue weighted by atomic mass is 10.2. The molecular weight excluding hydrogens is 282 g/mol. The third-order valence-corrected chi connectivity index (χ3v) is 2.51. The minimum Gasteiger partial charge on any atom is -0.372 e. The van der Waals surface area contributed by atoms with E-state index in [9.17, 15) is 9.59 Å². The van der Waals surface area contributed by atoms with Crippen LogP contribution in [0.3, 0.4) is 0 Å². The maximum absolute atomic E-state index is 11.6. The monoisotopic (exact) mass is 301 g/mol. The maximum atomic E-state index is 11.6. The van der Waals surface area contributed by atoms with Crippen molar-refractivity contribution in [3.05, 3.63) is 24.3 Å². The number of hydrogen-bond donors (Lipinski definition) is 3. The Morgan fingerprint density at radius 2 is 1.90 bits per heavy atom. The predicted octanol–water partition coefficient (Wildman–Crippen LogP) is 1.37. The number of anilines is 2. The van der Waals surface area contributed by atoms with E-state index in [0.29, 0.717) is 17.9 Å². The summed E-state index contributed by atoms with van der Waals surface area (Å²) in [6, 6.07) is 6.89. The Balaban J connectivity index is 0.00000361. The molecule has 0 aliphatic rings. The molecule has 112 valence electrons. The molecule has 7 heteroatoms. The topological polar surface area (TPSA) is 93.5 Å². The second-order valence-corrected chi connectivity index (χ2v) is 4.03. The molecule has 0 saturated carbocycles. The Morgan fingerprint density at radius 3 is 2.45 bits per heavy atom. The van der Waals surface area contributed by atoms with Crippen LogP contribution >= 0.6 is 12.4 Å². The molecule has 4 N–H and O–H groups in total. The van der Waals surface area contributed by atoms with Crippen LogP contribution in [0.2, 0.25) is 0 Å². The second-order valence-electron chi connectivity index (χ2n) is 4.03. The predicted molar refractivity (Wildman–Crippen MR) is 81.1 cm³/mol. The van der Waals surface area contributed by atoms with E-state index in [1.807, 2.05) is 0 Å². The molecule has 2 amide bonds. The molecule has 0 bridgehead atoms. The minimum absolute atomic E-state index is 0. The van der Waals surface area contributed by atoms with E-state index in [1.165, 1.54) is 7.11 Å². The number of hydrogen-bond acceptors (Lipinski definition) is 4. The van der Waals surface area contributed by atoms with Gasteiger partial charge in [-0.2, -0.15) is 0 Å². The second kappa shape index (κ2) is 9.30. The first-order valence-corrected chi connectivity index (χ1v) is 6.00. The molecule has 6 nitrogen and oxygen atoms in total. The molecule has 0 fully saturated rings. The summed E-state index contributed by atoms with van der Waals surface area (Å²) >= 11 is 0. The summed E-state index contributed by atoms with van der Waals surface area (Å²) in [4.78, 5) is 23.0. The molecular formula is C13H20ClN3O3. The average Bonchev–Trinajstić information content (AvgIpc) is 2.38. The van der Waals surface area contributed by atoms with Gasteiger partial charge in [0.25, 0.3) is 5.91 Å². The number of nitrogens with one attached hydrogen (secondary N) is 2. The lowest BCUT2D eigenvalue weighted by Gasteiger charge is -2.11. The highest BCUT2D eigenvalue weighted by Crippen LogP contribution is 2.15. The van der Waals surface area contributed by atoms with E-state index < -0.39 is 6.10 Å². The molecule has 1 rings (SSSR count). The highest BCUT2D eigenvalue weighted by atomic mass is 35.5. The van der Waals surface area contributed by atoms with Crippen molar-refractivity contribution in [3.63, 3.8) is 0 Å². The molecule has 1 aromatic carbocycles. The van der Waals surface area contributed by atoms with Gasteiger partial charge < -0.3 is 21.1 Å². The number of methoxy groups -OCH3 is 1. The molecule has 20 heavy (non-hydrogen) atoms. The summed E-state index contributed by atoms with van der Waals surface area (Å²) in [6.07, 6.45) is -0.271. The number of nitrogens with two attached hydrogens (primary N) is 1. The van der Waals surface area contributed by atoms with E-state index in [2.05, 4.69) is 10.6 Å². The Labute approximate surface area is 124 Å². The van der Waals surface area contributed by atoms with Crippen molar-refractivity contribution in [2.45, 2.75) is 19.4 Å². The van der Waals surface area contributed by atoms with Gasteiger partial charge in [-0.15, -0.1) is 12.4 Å². The fourth-order valence-corrected chi connectivity index (χ4v) is 1.38. The summed E-state index contributed by atoms with van der Waals surface area (Å²) in [7, 11) is 1.47. The van der Waals surface area contributed by atoms with Gasteiger partial charge in [0, 0.05) is 31.5 Å². The largest absolute Gasteiger partial charge is 0.372 e. The summed E-state index contributed by atoms with van der Waals surface area (Å²) in [6.45, 7) is 1.95. The van der Waals surface area contributed by atoms with Crippen LogP contribution in [-0.4, -0.2) is 31.6 Å². The van der Waals surface area contributed by atoms with Crippen molar-refractivity contribution in [3.8, 4) is 0 Å². The first kappa shape index (κ1) is 18.4. The third-order valence-electron chi connectivity index (χ3n) is 2.51. The number of benzene rings is 1. The molecule has 0 aromatic heterocycles. The highest BCUT2D eigenvalue weighted by Gasteiger charge is 2.11. The van der Waals surface area contributed by atoms with Crippen LogP contribution < -0.4 is 16.4 Å². The van der Waals surface area contributed by atoms with Gasteiger partial charge in [0.15, 0.2) is 0 Å². The zero-order chi connectivity index (χ0) is 14.3. The zero-order valence-corrected chi connectivity index (χ0v) is 12.3. The Morgan fingerprint density at radius 1 is 1.30 bits per heavy atom. The quantitative estimate of drug-likeness (QED) is 0.740. The van der Waals surface area contributed by atoms with Crippen LogP contribution in [0.5, 0.6) is 0 Å². The van der Waals surface area contributed by atoms with Crippen molar-refractivity contribution in [2.24, 2.45) is 5.73 Å². The number of amides is 2. The molecule has 1 aromatic rings. The highest BCUT2D eigenvalue weighted by molar-refractivity contribution is 5.95. The number of rotatable bonds is 6. The molecule has 0 heterocycles. The van der Waals surface area contributed by atoms with Crippen molar-refractivity contribution in [2.75, 3.05) is 24.3 Å². The van der Waals surface area contributed by atoms with Gasteiger partial charge in [0.2, 0.25) is 5.91 Å². The molecule has 0 spiro atoms. The zero-order valence-electron chi connectivity index (χ0n) is 11.5. The standard InChI is InChI=1S/C13H19N3O3.ClH/c1-9(19-2)13(18)16-11-5-3-4-10(8-11)15-12(17)6-7-14;/h3-5,8-9H,6-7,14H2,1-2H3,(H,15,17)(H,16,18);1H. The summed E-state index contributed by atoms with van der Waals surface area (Å²) < 4.78 is 4.92. The molecule has 0 aliphatic heterocycles. The smallest absolute Gasteiger partial charge is 0.253 e. The van der Waals surface area contributed by atoms with Gasteiger partial charge in [-0.05, 0) is 25.1 Å². The minimum atomic E-state index is -0.532. The summed E-state index contributed by atoms with van der Waals surface area (Å²) in [5.41, 5.74) is 6.50. The van der Waals surface area contributed by atoms with Crippen molar-refractivity contribution in [1.82, 2.24) is 0 Å². The van der Waals surface area contributed by atoms with Crippen LogP contribution in [-0.2, 0) is 14.3 Å². The van der Waals surface area contributed by atoms with Crippen LogP contribution in [0.15, 0.2) is 24.3 Å². The molecule has 0 aliphatic carbocycles. The first-order chi connectivity index (χ1) is 9.06. The number of carbonyl (C=O) groups is 2. The molecule has 1 unspecified atom stereocenters. The Kier molecular flexibility index (Phi) is 8.54. The van der Waals surface area contributed by atoms with Gasteiger partial charge >= 0.3 is 0 Å². The fraction of sp³-hybridized carbons (Fsp3) is 0.385. The lowest BCUT2D eigenvalue weighted by molar-refractivity contribution is -0.124. The molecule has 1 atom stereocenters. The van der Waals surface area contributed by atoms with E-state index >= 15 is 0 Å². The van der Waals surface area contributed by atoms with E-state index in [1.54, 1.807) is 31.2 Å². The Hall–Kier alpha value is -1.63. The number of halogens is 1. The third kappa shape index (κ3) is 6.01. The van der Waals surface area contributed by atoms with E-state index in [4.69, 9.17) is 10.5 Å². The van der Waals surface area contributed by atoms with E-state index in [-0.39, 0.29) is 30.6 Å². The lowest BCUT2D eigenvalue weighted by Crippen LogP contribution is -2.26. The summed E-state index contributed by atoms with van der Waals surface area (Å²) in [5.74, 6) is -0.399. The van der Waals surface area contributed by atoms with Gasteiger partial charge in [-0.3, -0.25) is 9.59 Å². The van der Waals surface area contributed by atoms with Crippen LogP contribution in [0.25, 0.3) is 0 Å². The number of carbonyl (C=O) groups excluding carboxylic acids is 2. The Bertz CT molecular complexity index is 454. The number of ether oxygens (including phenoxy) is 1. The normalized spacial score (nSPS) is 11.2. The molecule has 0 radical (unpaired) electrons. The fourth-order valence-electron chi connectivity index (χ4n) is 1.38. The van der Waals surface area contributed by atoms with Crippen molar-refractivity contribution in [1.29, 1.82) is 0 Å². The van der Waals surface area contributed by atoms with Gasteiger partial charge in [-0.1, -0.05) is 6.07 Å². The van der Waals surface area contributed by atoms with Crippen LogP contribution in [0, 0.1) is 0 Å².